The lowest BCUT2D eigenvalue weighted by Gasteiger charge is -2.14. The highest BCUT2D eigenvalue weighted by Crippen LogP contribution is 2.39. The molecule has 4 rings (SSSR count). The Morgan fingerprint density at radius 3 is 2.50 bits per heavy atom. The van der Waals surface area contributed by atoms with Gasteiger partial charge in [-0.3, -0.25) is 5.10 Å². The van der Waals surface area contributed by atoms with Crippen molar-refractivity contribution in [3.05, 3.63) is 86.2 Å². The number of H-pyrrole nitrogens is 1. The molecule has 10 nitrogen and oxygen atoms in total. The summed E-state index contributed by atoms with van der Waals surface area (Å²) in [6, 6.07) is 14.4. The number of hydrogen-bond donors (Lipinski definition) is 3. The van der Waals surface area contributed by atoms with Crippen LogP contribution in [0.1, 0.15) is 21.5 Å². The maximum atomic E-state index is 12.0. The van der Waals surface area contributed by atoms with Gasteiger partial charge >= 0.3 is 11.9 Å². The second-order valence-electron chi connectivity index (χ2n) is 8.06. The predicted octanol–water partition coefficient (Wildman–Crippen LogP) is 6.29. The highest BCUT2D eigenvalue weighted by atomic mass is 35.5. The summed E-state index contributed by atoms with van der Waals surface area (Å²) in [6.07, 6.45) is 1.40. The van der Waals surface area contributed by atoms with Crippen LogP contribution in [0, 0.1) is 0 Å². The fraction of sp³-hybridized carbons (Fsp3) is 0.111. The van der Waals surface area contributed by atoms with Crippen LogP contribution in [0.2, 0.25) is 10.0 Å². The molecule has 0 spiro atoms. The normalized spacial score (nSPS) is 11.2. The van der Waals surface area contributed by atoms with E-state index in [-0.39, 0.29) is 38.8 Å². The van der Waals surface area contributed by atoms with Crippen LogP contribution in [-0.4, -0.2) is 51.6 Å². The van der Waals surface area contributed by atoms with Gasteiger partial charge in [0.15, 0.2) is 17.3 Å². The minimum Gasteiger partial charge on any atom is -0.496 e. The number of thioether (sulfide) groups is 1. The molecular formula is C27H21Cl2N3O7S. The zero-order valence-corrected chi connectivity index (χ0v) is 23.3. The molecular weight excluding hydrogens is 581 g/mol. The molecule has 0 aliphatic rings. The van der Waals surface area contributed by atoms with E-state index < -0.39 is 11.9 Å². The van der Waals surface area contributed by atoms with Gasteiger partial charge in [0, 0.05) is 5.02 Å². The van der Waals surface area contributed by atoms with Crippen LogP contribution in [0.4, 0.5) is 0 Å². The first-order valence-electron chi connectivity index (χ1n) is 11.4. The maximum absolute atomic E-state index is 12.0. The quantitative estimate of drug-likeness (QED) is 0.132. The zero-order valence-electron chi connectivity index (χ0n) is 21.0. The average Bonchev–Trinajstić information content (AvgIpc) is 3.40. The number of nitrogens with zero attached hydrogens (tertiary/aromatic N) is 2. The molecule has 4 aromatic rings. The number of carboxylic acid groups (broad SMARTS) is 2. The molecule has 13 heteroatoms. The molecule has 1 aromatic heterocycles. The summed E-state index contributed by atoms with van der Waals surface area (Å²) < 4.78 is 16.6. The summed E-state index contributed by atoms with van der Waals surface area (Å²) in [6.45, 7) is 0.0349. The number of carboxylic acids is 2. The molecule has 0 radical (unpaired) electrons. The van der Waals surface area contributed by atoms with Crippen LogP contribution < -0.4 is 14.2 Å². The molecule has 1 heterocycles. The molecule has 206 valence electrons. The molecule has 0 bridgehead atoms. The first-order valence-corrected chi connectivity index (χ1v) is 13.0. The van der Waals surface area contributed by atoms with Crippen LogP contribution in [-0.2, 0) is 11.4 Å². The molecule has 0 saturated carbocycles. The van der Waals surface area contributed by atoms with E-state index in [0.717, 1.165) is 11.8 Å². The Balaban J connectivity index is 1.57. The Kier molecular flexibility index (Phi) is 9.20. The molecule has 0 saturated heterocycles. The van der Waals surface area contributed by atoms with Crippen molar-refractivity contribution in [1.29, 1.82) is 0 Å². The van der Waals surface area contributed by atoms with Gasteiger partial charge < -0.3 is 24.4 Å². The number of aliphatic carboxylic acids is 1. The van der Waals surface area contributed by atoms with Crippen molar-refractivity contribution >= 4 is 53.0 Å². The molecule has 3 aromatic carbocycles. The number of nitrogens with one attached hydrogen (secondary N) is 1. The molecule has 0 fully saturated rings. The Hall–Kier alpha value is -4.19. The van der Waals surface area contributed by atoms with E-state index in [2.05, 4.69) is 15.2 Å². The Morgan fingerprint density at radius 1 is 1.02 bits per heavy atom. The van der Waals surface area contributed by atoms with Crippen molar-refractivity contribution in [3.63, 3.8) is 0 Å². The molecule has 0 aliphatic carbocycles. The lowest BCUT2D eigenvalue weighted by atomic mass is 10.1. The zero-order chi connectivity index (χ0) is 28.8. The van der Waals surface area contributed by atoms with Gasteiger partial charge in [-0.1, -0.05) is 35.3 Å². The molecule has 0 aliphatic heterocycles. The third-order valence-corrected chi connectivity index (χ3v) is 6.79. The molecule has 3 N–H and O–H groups in total. The number of methoxy groups -OCH3 is 2. The monoisotopic (exact) mass is 601 g/mol. The Bertz CT molecular complexity index is 1610. The van der Waals surface area contributed by atoms with Crippen molar-refractivity contribution in [1.82, 2.24) is 15.2 Å². The summed E-state index contributed by atoms with van der Waals surface area (Å²) in [7, 11) is 2.93. The standard InChI is InChI=1S/C27H21Cl2N3O7S/c1-37-20-7-6-17(28)12-18(20)24-30-27(32-31-24)40-22(26(35)36)11-15-9-19(29)23(21(10-15)38-2)39-13-14-4-3-5-16(8-14)25(33)34/h3-12H,13H2,1-2H3,(H,33,34)(H,35,36)(H,30,31,32)/b22-11-. The number of ether oxygens (including phenoxy) is 3. The van der Waals surface area contributed by atoms with Gasteiger partial charge in [0.25, 0.3) is 0 Å². The smallest absolute Gasteiger partial charge is 0.342 e. The summed E-state index contributed by atoms with van der Waals surface area (Å²) in [5.74, 6) is -0.898. The lowest BCUT2D eigenvalue weighted by Crippen LogP contribution is -2.02. The van der Waals surface area contributed by atoms with E-state index in [1.54, 1.807) is 36.4 Å². The number of benzene rings is 3. The number of hydrogen-bond acceptors (Lipinski definition) is 8. The fourth-order valence-corrected chi connectivity index (χ4v) is 4.73. The van der Waals surface area contributed by atoms with Crippen molar-refractivity contribution in [2.45, 2.75) is 11.8 Å². The first-order chi connectivity index (χ1) is 19.2. The molecule has 0 unspecified atom stereocenters. The summed E-state index contributed by atoms with van der Waals surface area (Å²) >= 11 is 13.4. The van der Waals surface area contributed by atoms with Crippen molar-refractivity contribution in [3.8, 4) is 28.6 Å². The van der Waals surface area contributed by atoms with Gasteiger partial charge in [-0.15, -0.1) is 5.10 Å². The first kappa shape index (κ1) is 28.8. The van der Waals surface area contributed by atoms with Gasteiger partial charge in [-0.25, -0.2) is 14.6 Å². The van der Waals surface area contributed by atoms with E-state index in [1.807, 2.05) is 0 Å². The summed E-state index contributed by atoms with van der Waals surface area (Å²) in [4.78, 5) is 27.6. The average molecular weight is 602 g/mol. The SMILES string of the molecule is COc1ccc(Cl)cc1-c1nc(S/C(=C\c2cc(Cl)c(OCc3cccc(C(=O)O)c3)c(OC)c2)C(=O)O)n[nH]1. The Morgan fingerprint density at radius 2 is 1.80 bits per heavy atom. The third kappa shape index (κ3) is 6.87. The largest absolute Gasteiger partial charge is 0.496 e. The van der Waals surface area contributed by atoms with Gasteiger partial charge in [0.1, 0.15) is 17.3 Å². The number of halogens is 2. The highest BCUT2D eigenvalue weighted by molar-refractivity contribution is 8.04. The summed E-state index contributed by atoms with van der Waals surface area (Å²) in [5, 5.41) is 26.7. The predicted molar refractivity (Wildman–Crippen MR) is 151 cm³/mol. The number of aromatic carboxylic acids is 1. The van der Waals surface area contributed by atoms with E-state index in [0.29, 0.717) is 33.3 Å². The fourth-order valence-electron chi connectivity index (χ4n) is 3.58. The van der Waals surface area contributed by atoms with Crippen LogP contribution >= 0.6 is 35.0 Å². The van der Waals surface area contributed by atoms with Gasteiger partial charge in [0.2, 0.25) is 5.16 Å². The van der Waals surface area contributed by atoms with Crippen LogP contribution in [0.25, 0.3) is 17.5 Å². The number of aromatic amines is 1. The topological polar surface area (TPSA) is 144 Å². The van der Waals surface area contributed by atoms with Gasteiger partial charge in [-0.2, -0.15) is 0 Å². The minimum absolute atomic E-state index is 0.0349. The lowest BCUT2D eigenvalue weighted by molar-refractivity contribution is -0.131. The third-order valence-electron chi connectivity index (χ3n) is 5.40. The van der Waals surface area contributed by atoms with Crippen molar-refractivity contribution in [2.75, 3.05) is 14.2 Å². The maximum Gasteiger partial charge on any atom is 0.342 e. The van der Waals surface area contributed by atoms with Crippen molar-refractivity contribution in [2.24, 2.45) is 0 Å². The van der Waals surface area contributed by atoms with E-state index in [9.17, 15) is 19.8 Å². The van der Waals surface area contributed by atoms with Crippen molar-refractivity contribution < 1.29 is 34.0 Å². The number of rotatable bonds is 11. The Labute approximate surface area is 242 Å². The molecule has 40 heavy (non-hydrogen) atoms. The van der Waals surface area contributed by atoms with Crippen LogP contribution in [0.15, 0.2) is 64.7 Å². The van der Waals surface area contributed by atoms with Gasteiger partial charge in [0.05, 0.1) is 30.4 Å². The minimum atomic E-state index is -1.20. The van der Waals surface area contributed by atoms with Crippen LogP contribution in [0.5, 0.6) is 17.2 Å². The van der Waals surface area contributed by atoms with Crippen LogP contribution in [0.3, 0.4) is 0 Å². The van der Waals surface area contributed by atoms with E-state index in [1.165, 1.54) is 38.5 Å². The number of carbonyl (C=O) groups is 2. The van der Waals surface area contributed by atoms with E-state index >= 15 is 0 Å². The van der Waals surface area contributed by atoms with E-state index in [4.69, 9.17) is 37.4 Å². The molecule has 0 atom stereocenters. The second-order valence-corrected chi connectivity index (χ2v) is 9.91. The van der Waals surface area contributed by atoms with Gasteiger partial charge in [-0.05, 0) is 71.4 Å². The highest BCUT2D eigenvalue weighted by Gasteiger charge is 2.18. The molecule has 0 amide bonds. The number of aromatic nitrogens is 3. The second kappa shape index (κ2) is 12.8. The summed E-state index contributed by atoms with van der Waals surface area (Å²) in [5.41, 5.74) is 1.74.